The van der Waals surface area contributed by atoms with Gasteiger partial charge in [0.2, 0.25) is 5.91 Å². The van der Waals surface area contributed by atoms with Gasteiger partial charge in [-0.25, -0.2) is 8.78 Å². The number of rotatable bonds is 3. The number of nitrogens with zero attached hydrogens (tertiary/aromatic N) is 2. The van der Waals surface area contributed by atoms with E-state index in [2.05, 4.69) is 5.16 Å². The summed E-state index contributed by atoms with van der Waals surface area (Å²) in [6.45, 7) is 2.23. The molecule has 0 saturated carbocycles. The van der Waals surface area contributed by atoms with Crippen LogP contribution in [0.4, 0.5) is 8.78 Å². The number of ether oxygens (including phenoxy) is 1. The predicted molar refractivity (Wildman–Crippen MR) is 74.4 cm³/mol. The first-order chi connectivity index (χ1) is 10.6. The number of benzene rings is 1. The Morgan fingerprint density at radius 3 is 2.82 bits per heavy atom. The topological polar surface area (TPSA) is 51.1 Å². The van der Waals surface area contributed by atoms with Crippen molar-refractivity contribution in [2.24, 2.45) is 5.16 Å². The Morgan fingerprint density at radius 1 is 1.32 bits per heavy atom. The van der Waals surface area contributed by atoms with Gasteiger partial charge in [0.05, 0.1) is 25.3 Å². The molecule has 1 atom stereocenters. The fraction of sp³-hybridized carbons (Fsp3) is 0.467. The molecule has 0 radical (unpaired) electrons. The number of oxime groups is 1. The average Bonchev–Trinajstić information content (AvgIpc) is 2.96. The zero-order chi connectivity index (χ0) is 15.5. The molecule has 1 fully saturated rings. The van der Waals surface area contributed by atoms with Gasteiger partial charge < -0.3 is 14.5 Å². The highest BCUT2D eigenvalue weighted by Gasteiger charge is 2.28. The van der Waals surface area contributed by atoms with E-state index in [1.807, 2.05) is 0 Å². The van der Waals surface area contributed by atoms with Crippen LogP contribution in [0.25, 0.3) is 0 Å². The van der Waals surface area contributed by atoms with Gasteiger partial charge in [0.25, 0.3) is 0 Å². The van der Waals surface area contributed by atoms with Crippen LogP contribution in [-0.4, -0.2) is 48.9 Å². The number of morpholine rings is 1. The molecule has 118 valence electrons. The summed E-state index contributed by atoms with van der Waals surface area (Å²) in [7, 11) is 0. The largest absolute Gasteiger partial charge is 0.391 e. The molecule has 2 aliphatic rings. The molecule has 0 spiro atoms. The Hall–Kier alpha value is -2.02. The van der Waals surface area contributed by atoms with Gasteiger partial charge >= 0.3 is 0 Å². The maximum absolute atomic E-state index is 13.7. The van der Waals surface area contributed by atoms with Crippen LogP contribution >= 0.6 is 0 Å². The van der Waals surface area contributed by atoms with E-state index in [1.54, 1.807) is 4.90 Å². The summed E-state index contributed by atoms with van der Waals surface area (Å²) in [6, 6.07) is 3.32. The van der Waals surface area contributed by atoms with Crippen LogP contribution in [0.1, 0.15) is 18.4 Å². The molecular weight excluding hydrogens is 294 g/mol. The molecule has 0 N–H and O–H groups in total. The van der Waals surface area contributed by atoms with Gasteiger partial charge in [0, 0.05) is 31.1 Å². The van der Waals surface area contributed by atoms with E-state index >= 15 is 0 Å². The van der Waals surface area contributed by atoms with Gasteiger partial charge in [-0.15, -0.1) is 0 Å². The first kappa shape index (κ1) is 14.9. The van der Waals surface area contributed by atoms with Crippen LogP contribution < -0.4 is 0 Å². The molecule has 2 heterocycles. The summed E-state index contributed by atoms with van der Waals surface area (Å²) in [6.07, 6.45) is 0.115. The second-order valence-electron chi connectivity index (χ2n) is 5.29. The summed E-state index contributed by atoms with van der Waals surface area (Å²) in [5.41, 5.74) is 0.611. The number of carbonyl (C=O) groups is 1. The van der Waals surface area contributed by atoms with Crippen LogP contribution in [0, 0.1) is 11.6 Å². The molecule has 0 aromatic heterocycles. The number of halogens is 2. The van der Waals surface area contributed by atoms with Gasteiger partial charge in [-0.2, -0.15) is 0 Å². The summed E-state index contributed by atoms with van der Waals surface area (Å²) in [5, 5.41) is 3.83. The van der Waals surface area contributed by atoms with E-state index in [0.29, 0.717) is 38.4 Å². The molecule has 1 aromatic rings. The minimum absolute atomic E-state index is 0.0238. The quantitative estimate of drug-likeness (QED) is 0.854. The van der Waals surface area contributed by atoms with E-state index in [-0.39, 0.29) is 17.9 Å². The van der Waals surface area contributed by atoms with E-state index in [0.717, 1.165) is 6.07 Å². The minimum atomic E-state index is -0.678. The van der Waals surface area contributed by atoms with E-state index in [4.69, 9.17) is 9.57 Å². The van der Waals surface area contributed by atoms with E-state index in [9.17, 15) is 13.6 Å². The van der Waals surface area contributed by atoms with Crippen molar-refractivity contribution in [3.05, 3.63) is 35.4 Å². The minimum Gasteiger partial charge on any atom is -0.391 e. The Kier molecular flexibility index (Phi) is 4.33. The van der Waals surface area contributed by atoms with Crippen molar-refractivity contribution in [3.8, 4) is 0 Å². The van der Waals surface area contributed by atoms with Crippen LogP contribution in [0.2, 0.25) is 0 Å². The molecule has 5 nitrogen and oxygen atoms in total. The summed E-state index contributed by atoms with van der Waals surface area (Å²) < 4.78 is 31.8. The van der Waals surface area contributed by atoms with Crippen molar-refractivity contribution in [3.63, 3.8) is 0 Å². The Balaban J connectivity index is 1.58. The lowest BCUT2D eigenvalue weighted by Gasteiger charge is -2.27. The monoisotopic (exact) mass is 310 g/mol. The molecule has 3 rings (SSSR count). The van der Waals surface area contributed by atoms with Gasteiger partial charge in [0.15, 0.2) is 0 Å². The van der Waals surface area contributed by atoms with Crippen LogP contribution in [0.15, 0.2) is 23.4 Å². The molecule has 7 heteroatoms. The fourth-order valence-electron chi connectivity index (χ4n) is 2.56. The average molecular weight is 310 g/mol. The third kappa shape index (κ3) is 3.24. The Bertz CT molecular complexity index is 600. The molecule has 22 heavy (non-hydrogen) atoms. The number of hydrogen-bond acceptors (Lipinski definition) is 4. The van der Waals surface area contributed by atoms with E-state index in [1.165, 1.54) is 12.1 Å². The molecule has 1 amide bonds. The second kappa shape index (κ2) is 6.39. The lowest BCUT2D eigenvalue weighted by molar-refractivity contribution is -0.137. The van der Waals surface area contributed by atoms with Gasteiger partial charge in [-0.1, -0.05) is 5.16 Å². The lowest BCUT2D eigenvalue weighted by Crippen LogP contribution is -2.41. The smallest absolute Gasteiger partial charge is 0.226 e. The molecule has 2 aliphatic heterocycles. The maximum atomic E-state index is 13.7. The number of amides is 1. The van der Waals surface area contributed by atoms with Crippen molar-refractivity contribution in [1.29, 1.82) is 0 Å². The van der Waals surface area contributed by atoms with Crippen LogP contribution in [-0.2, 0) is 14.4 Å². The number of hydrogen-bond donors (Lipinski definition) is 0. The SMILES string of the molecule is O=C(C[C@H]1CC(c2ccc(F)cc2F)=NO1)N1CCOCC1. The first-order valence-corrected chi connectivity index (χ1v) is 7.17. The van der Waals surface area contributed by atoms with Crippen LogP contribution in [0.3, 0.4) is 0 Å². The third-order valence-electron chi connectivity index (χ3n) is 3.74. The van der Waals surface area contributed by atoms with Gasteiger partial charge in [-0.05, 0) is 12.1 Å². The zero-order valence-electron chi connectivity index (χ0n) is 11.9. The second-order valence-corrected chi connectivity index (χ2v) is 5.29. The molecule has 1 aromatic carbocycles. The van der Waals surface area contributed by atoms with Crippen LogP contribution in [0.5, 0.6) is 0 Å². The Morgan fingerprint density at radius 2 is 2.09 bits per heavy atom. The highest BCUT2D eigenvalue weighted by atomic mass is 19.1. The highest BCUT2D eigenvalue weighted by molar-refractivity contribution is 6.01. The van der Waals surface area contributed by atoms with Crippen molar-refractivity contribution in [2.45, 2.75) is 18.9 Å². The first-order valence-electron chi connectivity index (χ1n) is 7.17. The van der Waals surface area contributed by atoms with Crippen molar-refractivity contribution in [2.75, 3.05) is 26.3 Å². The normalized spacial score (nSPS) is 21.5. The lowest BCUT2D eigenvalue weighted by atomic mass is 10.0. The summed E-state index contributed by atoms with van der Waals surface area (Å²) in [4.78, 5) is 19.1. The van der Waals surface area contributed by atoms with Crippen molar-refractivity contribution >= 4 is 11.6 Å². The van der Waals surface area contributed by atoms with E-state index < -0.39 is 17.7 Å². The third-order valence-corrected chi connectivity index (χ3v) is 3.74. The molecule has 0 aliphatic carbocycles. The molecular formula is C15H16F2N2O3. The summed E-state index contributed by atoms with van der Waals surface area (Å²) >= 11 is 0. The fourth-order valence-corrected chi connectivity index (χ4v) is 2.56. The van der Waals surface area contributed by atoms with Crippen molar-refractivity contribution < 1.29 is 23.1 Å². The standard InChI is InChI=1S/C15H16F2N2O3/c16-10-1-2-12(13(17)7-10)14-8-11(22-18-14)9-15(20)19-3-5-21-6-4-19/h1-2,7,11H,3-6,8-9H2/t11-/m1/s1. The van der Waals surface area contributed by atoms with Crippen molar-refractivity contribution in [1.82, 2.24) is 4.90 Å². The van der Waals surface area contributed by atoms with Gasteiger partial charge in [0.1, 0.15) is 17.7 Å². The highest BCUT2D eigenvalue weighted by Crippen LogP contribution is 2.22. The predicted octanol–water partition coefficient (Wildman–Crippen LogP) is 1.71. The molecule has 1 saturated heterocycles. The van der Waals surface area contributed by atoms with Gasteiger partial charge in [-0.3, -0.25) is 4.79 Å². The summed E-state index contributed by atoms with van der Waals surface area (Å²) in [5.74, 6) is -1.34. The zero-order valence-corrected chi connectivity index (χ0v) is 11.9. The molecule has 0 bridgehead atoms. The number of carbonyl (C=O) groups excluding carboxylic acids is 1. The Labute approximate surface area is 126 Å². The molecule has 0 unspecified atom stereocenters. The maximum Gasteiger partial charge on any atom is 0.226 e.